The molecule has 3 heteroatoms. The van der Waals surface area contributed by atoms with E-state index in [2.05, 4.69) is 37.9 Å². The highest BCUT2D eigenvalue weighted by Crippen LogP contribution is 2.18. The van der Waals surface area contributed by atoms with Gasteiger partial charge in [-0.3, -0.25) is 4.90 Å². The molecule has 0 spiro atoms. The van der Waals surface area contributed by atoms with E-state index in [-0.39, 0.29) is 5.54 Å². The lowest BCUT2D eigenvalue weighted by Crippen LogP contribution is -2.42. The zero-order chi connectivity index (χ0) is 12.2. The normalized spacial score (nSPS) is 11.9. The Morgan fingerprint density at radius 1 is 1.25 bits per heavy atom. The van der Waals surface area contributed by atoms with Crippen LogP contribution in [0.1, 0.15) is 19.4 Å². The van der Waals surface area contributed by atoms with Gasteiger partial charge in [0.05, 0.1) is 7.11 Å². The van der Waals surface area contributed by atoms with Crippen molar-refractivity contribution in [2.24, 2.45) is 0 Å². The summed E-state index contributed by atoms with van der Waals surface area (Å²) >= 11 is 5.94. The molecule has 0 radical (unpaired) electrons. The largest absolute Gasteiger partial charge is 0.497 e. The van der Waals surface area contributed by atoms with Crippen LogP contribution in [-0.4, -0.2) is 30.5 Å². The van der Waals surface area contributed by atoms with Crippen LogP contribution in [0.15, 0.2) is 24.3 Å². The fourth-order valence-electron chi connectivity index (χ4n) is 1.32. The third-order valence-electron chi connectivity index (χ3n) is 2.94. The van der Waals surface area contributed by atoms with Gasteiger partial charge >= 0.3 is 0 Å². The maximum absolute atomic E-state index is 5.94. The van der Waals surface area contributed by atoms with Crippen molar-refractivity contribution in [3.63, 3.8) is 0 Å². The molecule has 2 nitrogen and oxygen atoms in total. The maximum atomic E-state index is 5.94. The lowest BCUT2D eigenvalue weighted by Gasteiger charge is -2.33. The first kappa shape index (κ1) is 13.3. The first-order chi connectivity index (χ1) is 7.49. The summed E-state index contributed by atoms with van der Waals surface area (Å²) < 4.78 is 5.13. The van der Waals surface area contributed by atoms with Crippen LogP contribution in [0.4, 0.5) is 0 Å². The number of methoxy groups -OCH3 is 1. The molecular weight excluding hydrogens is 222 g/mol. The summed E-state index contributed by atoms with van der Waals surface area (Å²) in [4.78, 5) is 2.25. The Balaban J connectivity index is 2.66. The minimum atomic E-state index is 0.0154. The molecular formula is C13H20ClNO. The van der Waals surface area contributed by atoms with Crippen LogP contribution in [0.2, 0.25) is 0 Å². The number of hydrogen-bond donors (Lipinski definition) is 0. The van der Waals surface area contributed by atoms with Gasteiger partial charge in [-0.05, 0) is 38.6 Å². The van der Waals surface area contributed by atoms with Crippen LogP contribution >= 0.6 is 11.6 Å². The van der Waals surface area contributed by atoms with Gasteiger partial charge in [-0.2, -0.15) is 0 Å². The Morgan fingerprint density at radius 2 is 1.81 bits per heavy atom. The van der Waals surface area contributed by atoms with E-state index in [1.54, 1.807) is 7.11 Å². The minimum absolute atomic E-state index is 0.0154. The van der Waals surface area contributed by atoms with E-state index in [1.165, 1.54) is 5.56 Å². The lowest BCUT2D eigenvalue weighted by atomic mass is 10.1. The molecule has 0 aliphatic rings. The van der Waals surface area contributed by atoms with Crippen molar-refractivity contribution in [1.82, 2.24) is 4.90 Å². The maximum Gasteiger partial charge on any atom is 0.118 e. The van der Waals surface area contributed by atoms with E-state index >= 15 is 0 Å². The summed E-state index contributed by atoms with van der Waals surface area (Å²) in [5.41, 5.74) is 1.28. The summed E-state index contributed by atoms with van der Waals surface area (Å²) in [5.74, 6) is 1.52. The third kappa shape index (κ3) is 3.39. The van der Waals surface area contributed by atoms with Gasteiger partial charge in [-0.1, -0.05) is 12.1 Å². The number of alkyl halides is 1. The van der Waals surface area contributed by atoms with Gasteiger partial charge in [0.1, 0.15) is 5.75 Å². The average molecular weight is 242 g/mol. The highest BCUT2D eigenvalue weighted by atomic mass is 35.5. The van der Waals surface area contributed by atoms with Gasteiger partial charge in [0, 0.05) is 18.0 Å². The Bertz CT molecular complexity index is 321. The zero-order valence-electron chi connectivity index (χ0n) is 10.5. The van der Waals surface area contributed by atoms with Crippen molar-refractivity contribution in [3.05, 3.63) is 29.8 Å². The van der Waals surface area contributed by atoms with Crippen molar-refractivity contribution in [1.29, 1.82) is 0 Å². The zero-order valence-corrected chi connectivity index (χ0v) is 11.2. The van der Waals surface area contributed by atoms with E-state index in [1.807, 2.05) is 12.1 Å². The van der Waals surface area contributed by atoms with Crippen LogP contribution < -0.4 is 4.74 Å². The molecule has 1 aromatic rings. The highest BCUT2D eigenvalue weighted by molar-refractivity contribution is 6.18. The quantitative estimate of drug-likeness (QED) is 0.735. The van der Waals surface area contributed by atoms with E-state index in [4.69, 9.17) is 16.3 Å². The number of benzene rings is 1. The monoisotopic (exact) mass is 241 g/mol. The second-order valence-electron chi connectivity index (χ2n) is 4.65. The molecule has 1 aromatic carbocycles. The summed E-state index contributed by atoms with van der Waals surface area (Å²) in [5, 5.41) is 0. The number of nitrogens with zero attached hydrogens (tertiary/aromatic N) is 1. The van der Waals surface area contributed by atoms with Crippen molar-refractivity contribution in [3.8, 4) is 5.75 Å². The van der Waals surface area contributed by atoms with Crippen molar-refractivity contribution >= 4 is 11.6 Å². The van der Waals surface area contributed by atoms with E-state index < -0.39 is 0 Å². The Morgan fingerprint density at radius 3 is 2.25 bits per heavy atom. The Labute approximate surface area is 103 Å². The number of rotatable bonds is 5. The minimum Gasteiger partial charge on any atom is -0.497 e. The van der Waals surface area contributed by atoms with Gasteiger partial charge in [0.25, 0.3) is 0 Å². The molecule has 0 unspecified atom stereocenters. The van der Waals surface area contributed by atoms with Crippen LogP contribution in [0.3, 0.4) is 0 Å². The molecule has 90 valence electrons. The summed E-state index contributed by atoms with van der Waals surface area (Å²) in [6, 6.07) is 8.13. The molecule has 0 aliphatic carbocycles. The highest BCUT2D eigenvalue weighted by Gasteiger charge is 2.21. The average Bonchev–Trinajstić information content (AvgIpc) is 2.30. The van der Waals surface area contributed by atoms with Crippen LogP contribution in [-0.2, 0) is 6.54 Å². The van der Waals surface area contributed by atoms with Crippen molar-refractivity contribution in [2.45, 2.75) is 25.9 Å². The second-order valence-corrected chi connectivity index (χ2v) is 4.92. The van der Waals surface area contributed by atoms with Gasteiger partial charge in [-0.25, -0.2) is 0 Å². The Kier molecular flexibility index (Phi) is 4.63. The van der Waals surface area contributed by atoms with Gasteiger partial charge < -0.3 is 4.74 Å². The van der Waals surface area contributed by atoms with Gasteiger partial charge in [-0.15, -0.1) is 11.6 Å². The molecule has 1 rings (SSSR count). The van der Waals surface area contributed by atoms with Crippen LogP contribution in [0, 0.1) is 0 Å². The van der Waals surface area contributed by atoms with Crippen LogP contribution in [0.5, 0.6) is 5.75 Å². The molecule has 0 saturated heterocycles. The molecule has 0 fully saturated rings. The molecule has 0 heterocycles. The molecule has 0 N–H and O–H groups in total. The first-order valence-electron chi connectivity index (χ1n) is 5.40. The van der Waals surface area contributed by atoms with E-state index in [9.17, 15) is 0 Å². The molecule has 0 aliphatic heterocycles. The van der Waals surface area contributed by atoms with Gasteiger partial charge in [0.2, 0.25) is 0 Å². The summed E-state index contributed by atoms with van der Waals surface area (Å²) in [6.45, 7) is 5.18. The molecule has 0 bridgehead atoms. The van der Waals surface area contributed by atoms with Crippen molar-refractivity contribution < 1.29 is 4.74 Å². The second kappa shape index (κ2) is 5.55. The van der Waals surface area contributed by atoms with Gasteiger partial charge in [0.15, 0.2) is 0 Å². The molecule has 0 aromatic heterocycles. The Hall–Kier alpha value is -0.730. The predicted octanol–water partition coefficient (Wildman–Crippen LogP) is 3.14. The fourth-order valence-corrected chi connectivity index (χ4v) is 1.52. The van der Waals surface area contributed by atoms with Crippen LogP contribution in [0.25, 0.3) is 0 Å². The fraction of sp³-hybridized carbons (Fsp3) is 0.538. The molecule has 0 saturated carbocycles. The standard InChI is InChI=1S/C13H20ClNO/c1-13(2,10-14)15(3)9-11-5-7-12(16-4)8-6-11/h5-8H,9-10H2,1-4H3. The lowest BCUT2D eigenvalue weighted by molar-refractivity contribution is 0.170. The molecule has 0 atom stereocenters. The number of halogens is 1. The number of hydrogen-bond acceptors (Lipinski definition) is 2. The SMILES string of the molecule is COc1ccc(CN(C)C(C)(C)CCl)cc1. The summed E-state index contributed by atoms with van der Waals surface area (Å²) in [7, 11) is 3.77. The third-order valence-corrected chi connectivity index (χ3v) is 3.59. The topological polar surface area (TPSA) is 12.5 Å². The molecule has 0 amide bonds. The van der Waals surface area contributed by atoms with Crippen molar-refractivity contribution in [2.75, 3.05) is 20.0 Å². The smallest absolute Gasteiger partial charge is 0.118 e. The molecule has 16 heavy (non-hydrogen) atoms. The number of ether oxygens (including phenoxy) is 1. The van der Waals surface area contributed by atoms with E-state index in [0.717, 1.165) is 12.3 Å². The first-order valence-corrected chi connectivity index (χ1v) is 5.93. The summed E-state index contributed by atoms with van der Waals surface area (Å²) in [6.07, 6.45) is 0. The van der Waals surface area contributed by atoms with E-state index in [0.29, 0.717) is 5.88 Å². The predicted molar refractivity (Wildman–Crippen MR) is 69.3 cm³/mol.